The van der Waals surface area contributed by atoms with Crippen LogP contribution in [0.5, 0.6) is 0 Å². The molecule has 1 aromatic carbocycles. The molecule has 2 unspecified atom stereocenters. The summed E-state index contributed by atoms with van der Waals surface area (Å²) in [5, 5.41) is 11.1. The van der Waals surface area contributed by atoms with Crippen molar-refractivity contribution in [2.24, 2.45) is 0 Å². The van der Waals surface area contributed by atoms with Crippen LogP contribution in [0.25, 0.3) is 0 Å². The highest BCUT2D eigenvalue weighted by Gasteiger charge is 2.41. The molecule has 5 heteroatoms. The smallest absolute Gasteiger partial charge is 0.315 e. The highest BCUT2D eigenvalue weighted by atomic mass is 32.1. The number of nitro groups is 1. The standard InChI is InChI=1S/C15H17NO3S/c1-19-15(16(17)18)9-7-13(8-10-15)14(20)11-12-5-3-2-4-6-12/h2-9,14,20H,10-11H2,1H3. The Morgan fingerprint density at radius 2 is 2.15 bits per heavy atom. The predicted molar refractivity (Wildman–Crippen MR) is 81.5 cm³/mol. The van der Waals surface area contributed by atoms with Gasteiger partial charge in [-0.15, -0.1) is 0 Å². The predicted octanol–water partition coefficient (Wildman–Crippen LogP) is 3.03. The molecule has 20 heavy (non-hydrogen) atoms. The van der Waals surface area contributed by atoms with Crippen LogP contribution in [0.15, 0.2) is 54.1 Å². The highest BCUT2D eigenvalue weighted by molar-refractivity contribution is 7.81. The third-order valence-electron chi connectivity index (χ3n) is 3.49. The quantitative estimate of drug-likeness (QED) is 0.393. The normalized spacial score (nSPS) is 23.2. The molecular weight excluding hydrogens is 274 g/mol. The average molecular weight is 291 g/mol. The monoisotopic (exact) mass is 291 g/mol. The van der Waals surface area contributed by atoms with Crippen LogP contribution in [0.3, 0.4) is 0 Å². The first-order chi connectivity index (χ1) is 9.57. The van der Waals surface area contributed by atoms with Crippen molar-refractivity contribution in [1.82, 2.24) is 0 Å². The summed E-state index contributed by atoms with van der Waals surface area (Å²) in [6.07, 6.45) is 6.12. The van der Waals surface area contributed by atoms with Crippen molar-refractivity contribution in [2.75, 3.05) is 7.11 Å². The van der Waals surface area contributed by atoms with E-state index in [4.69, 9.17) is 4.74 Å². The Morgan fingerprint density at radius 1 is 1.45 bits per heavy atom. The molecule has 106 valence electrons. The molecule has 0 bridgehead atoms. The van der Waals surface area contributed by atoms with Crippen molar-refractivity contribution in [3.63, 3.8) is 0 Å². The zero-order chi connectivity index (χ0) is 14.6. The first-order valence-electron chi connectivity index (χ1n) is 6.38. The molecule has 0 N–H and O–H groups in total. The number of allylic oxidation sites excluding steroid dienone is 1. The molecule has 0 heterocycles. The number of benzene rings is 1. The van der Waals surface area contributed by atoms with Gasteiger partial charge >= 0.3 is 5.72 Å². The van der Waals surface area contributed by atoms with Crippen LogP contribution in [-0.2, 0) is 11.2 Å². The van der Waals surface area contributed by atoms with Crippen molar-refractivity contribution >= 4 is 12.6 Å². The Labute approximate surface area is 123 Å². The van der Waals surface area contributed by atoms with Crippen LogP contribution in [0, 0.1) is 10.1 Å². The van der Waals surface area contributed by atoms with E-state index in [0.717, 1.165) is 12.0 Å². The maximum absolute atomic E-state index is 11.1. The van der Waals surface area contributed by atoms with Crippen LogP contribution in [0.4, 0.5) is 0 Å². The van der Waals surface area contributed by atoms with Gasteiger partial charge in [0, 0.05) is 18.4 Å². The minimum atomic E-state index is -1.43. The molecule has 0 amide bonds. The molecule has 4 nitrogen and oxygen atoms in total. The fraction of sp³-hybridized carbons (Fsp3) is 0.333. The molecule has 2 atom stereocenters. The van der Waals surface area contributed by atoms with Gasteiger partial charge in [0.1, 0.15) is 0 Å². The number of ether oxygens (including phenoxy) is 1. The van der Waals surface area contributed by atoms with Crippen molar-refractivity contribution in [1.29, 1.82) is 0 Å². The number of hydrogen-bond donors (Lipinski definition) is 1. The largest absolute Gasteiger partial charge is 0.347 e. The summed E-state index contributed by atoms with van der Waals surface area (Å²) < 4.78 is 5.03. The van der Waals surface area contributed by atoms with E-state index in [9.17, 15) is 10.1 Å². The van der Waals surface area contributed by atoms with Crippen molar-refractivity contribution < 1.29 is 9.66 Å². The summed E-state index contributed by atoms with van der Waals surface area (Å²) in [5.74, 6) is 0. The van der Waals surface area contributed by atoms with Gasteiger partial charge in [-0.1, -0.05) is 42.5 Å². The molecule has 1 aliphatic carbocycles. The number of nitrogens with zero attached hydrogens (tertiary/aromatic N) is 1. The second-order valence-corrected chi connectivity index (χ2v) is 5.38. The Morgan fingerprint density at radius 3 is 2.65 bits per heavy atom. The molecule has 0 aliphatic heterocycles. The van der Waals surface area contributed by atoms with Crippen LogP contribution < -0.4 is 0 Å². The zero-order valence-corrected chi connectivity index (χ0v) is 12.1. The van der Waals surface area contributed by atoms with Gasteiger partial charge in [0.25, 0.3) is 0 Å². The van der Waals surface area contributed by atoms with Crippen LogP contribution >= 0.6 is 12.6 Å². The summed E-state index contributed by atoms with van der Waals surface area (Å²) in [7, 11) is 1.36. The second kappa shape index (κ2) is 6.24. The number of methoxy groups -OCH3 is 1. The number of thiol groups is 1. The molecule has 0 saturated carbocycles. The van der Waals surface area contributed by atoms with E-state index in [1.165, 1.54) is 18.7 Å². The molecule has 2 rings (SSSR count). The first-order valence-corrected chi connectivity index (χ1v) is 6.90. The van der Waals surface area contributed by atoms with Gasteiger partial charge in [-0.05, 0) is 17.6 Å². The van der Waals surface area contributed by atoms with Gasteiger partial charge in [-0.2, -0.15) is 12.6 Å². The van der Waals surface area contributed by atoms with E-state index < -0.39 is 10.6 Å². The van der Waals surface area contributed by atoms with E-state index in [0.29, 0.717) is 0 Å². The van der Waals surface area contributed by atoms with Gasteiger partial charge in [-0.3, -0.25) is 10.1 Å². The van der Waals surface area contributed by atoms with E-state index in [2.05, 4.69) is 12.6 Å². The summed E-state index contributed by atoms with van der Waals surface area (Å²) in [6, 6.07) is 10.0. The van der Waals surface area contributed by atoms with E-state index in [1.807, 2.05) is 36.4 Å². The maximum Gasteiger partial charge on any atom is 0.347 e. The fourth-order valence-electron chi connectivity index (χ4n) is 2.19. The lowest BCUT2D eigenvalue weighted by Crippen LogP contribution is -2.39. The summed E-state index contributed by atoms with van der Waals surface area (Å²) >= 11 is 4.59. The second-order valence-electron chi connectivity index (χ2n) is 4.75. The maximum atomic E-state index is 11.1. The van der Waals surface area contributed by atoms with Crippen molar-refractivity contribution in [2.45, 2.75) is 23.8 Å². The molecular formula is C15H17NO3S. The van der Waals surface area contributed by atoms with Gasteiger partial charge in [0.2, 0.25) is 0 Å². The molecule has 0 saturated heterocycles. The third kappa shape index (κ3) is 3.11. The van der Waals surface area contributed by atoms with E-state index in [1.54, 1.807) is 6.08 Å². The average Bonchev–Trinajstić information content (AvgIpc) is 2.48. The van der Waals surface area contributed by atoms with Crippen LogP contribution in [0.2, 0.25) is 0 Å². The summed E-state index contributed by atoms with van der Waals surface area (Å²) in [4.78, 5) is 10.7. The number of rotatable bonds is 5. The molecule has 0 aromatic heterocycles. The highest BCUT2D eigenvalue weighted by Crippen LogP contribution is 2.28. The summed E-state index contributed by atoms with van der Waals surface area (Å²) in [6.45, 7) is 0. The van der Waals surface area contributed by atoms with Crippen molar-refractivity contribution in [3.8, 4) is 0 Å². The van der Waals surface area contributed by atoms with Gasteiger partial charge in [-0.25, -0.2) is 0 Å². The fourth-order valence-corrected chi connectivity index (χ4v) is 2.59. The van der Waals surface area contributed by atoms with Gasteiger partial charge < -0.3 is 4.74 Å². The SMILES string of the molecule is COC1([N+](=O)[O-])C=CC(C(S)Cc2ccccc2)=CC1. The minimum absolute atomic E-state index is 0.0234. The van der Waals surface area contributed by atoms with Crippen LogP contribution in [-0.4, -0.2) is 23.0 Å². The summed E-state index contributed by atoms with van der Waals surface area (Å²) in [5.41, 5.74) is 0.760. The lowest BCUT2D eigenvalue weighted by molar-refractivity contribution is -0.610. The Balaban J connectivity index is 2.06. The minimum Gasteiger partial charge on any atom is -0.315 e. The topological polar surface area (TPSA) is 52.4 Å². The van der Waals surface area contributed by atoms with Crippen LogP contribution in [0.1, 0.15) is 12.0 Å². The lowest BCUT2D eigenvalue weighted by atomic mass is 9.95. The molecule has 0 spiro atoms. The Kier molecular flexibility index (Phi) is 4.62. The Bertz CT molecular complexity index is 541. The molecule has 0 radical (unpaired) electrons. The van der Waals surface area contributed by atoms with Crippen molar-refractivity contribution in [3.05, 3.63) is 69.8 Å². The van der Waals surface area contributed by atoms with Gasteiger partial charge in [0.05, 0.1) is 11.3 Å². The molecule has 1 aromatic rings. The lowest BCUT2D eigenvalue weighted by Gasteiger charge is -2.23. The Hall–Kier alpha value is -1.59. The molecule has 1 aliphatic rings. The van der Waals surface area contributed by atoms with E-state index in [-0.39, 0.29) is 11.7 Å². The zero-order valence-electron chi connectivity index (χ0n) is 11.2. The van der Waals surface area contributed by atoms with Gasteiger partial charge in [0.15, 0.2) is 0 Å². The first kappa shape index (κ1) is 14.8. The number of hydrogen-bond acceptors (Lipinski definition) is 4. The van der Waals surface area contributed by atoms with E-state index >= 15 is 0 Å². The molecule has 0 fully saturated rings. The third-order valence-corrected chi connectivity index (χ3v) is 3.97.